The minimum atomic E-state index is 0.803. The first-order valence-electron chi connectivity index (χ1n) is 6.25. The Bertz CT molecular complexity index is 764. The van der Waals surface area contributed by atoms with Crippen LogP contribution in [-0.4, -0.2) is 11.7 Å². The summed E-state index contributed by atoms with van der Waals surface area (Å²) < 4.78 is 9.75. The minimum Gasteiger partial charge on any atom is -0.497 e. The fourth-order valence-electron chi connectivity index (χ4n) is 2.31. The topological polar surface area (TPSA) is 14.2 Å². The van der Waals surface area contributed by atoms with Gasteiger partial charge in [-0.2, -0.15) is 0 Å². The second-order valence-electron chi connectivity index (χ2n) is 4.57. The van der Waals surface area contributed by atoms with Crippen LogP contribution in [0.15, 0.2) is 57.6 Å². The molecule has 4 heteroatoms. The number of fused-ring (bicyclic) bond motifs is 1. The SMILES string of the molecule is COc1ccc(Br)c(Cn2ccc3c(Br)cccc32)c1. The Hall–Kier alpha value is -1.26. The van der Waals surface area contributed by atoms with E-state index in [-0.39, 0.29) is 0 Å². The number of rotatable bonds is 3. The molecule has 0 N–H and O–H groups in total. The van der Waals surface area contributed by atoms with Crippen molar-refractivity contribution in [3.05, 3.63) is 63.2 Å². The molecule has 1 heterocycles. The van der Waals surface area contributed by atoms with Gasteiger partial charge in [0, 0.05) is 32.6 Å². The second kappa shape index (κ2) is 5.62. The van der Waals surface area contributed by atoms with E-state index in [1.807, 2.05) is 12.1 Å². The normalized spacial score (nSPS) is 10.9. The van der Waals surface area contributed by atoms with Crippen molar-refractivity contribution in [1.82, 2.24) is 4.57 Å². The molecule has 102 valence electrons. The lowest BCUT2D eigenvalue weighted by Crippen LogP contribution is -1.99. The Labute approximate surface area is 134 Å². The van der Waals surface area contributed by atoms with E-state index >= 15 is 0 Å². The van der Waals surface area contributed by atoms with Crippen LogP contribution in [0.5, 0.6) is 5.75 Å². The summed E-state index contributed by atoms with van der Waals surface area (Å²) in [6.07, 6.45) is 2.11. The van der Waals surface area contributed by atoms with Gasteiger partial charge in [-0.05, 0) is 42.0 Å². The zero-order valence-electron chi connectivity index (χ0n) is 10.9. The predicted octanol–water partition coefficient (Wildman–Crippen LogP) is 5.22. The zero-order valence-corrected chi connectivity index (χ0v) is 14.1. The molecule has 0 bridgehead atoms. The van der Waals surface area contributed by atoms with Crippen molar-refractivity contribution in [3.8, 4) is 5.75 Å². The maximum Gasteiger partial charge on any atom is 0.119 e. The number of benzene rings is 2. The summed E-state index contributed by atoms with van der Waals surface area (Å²) in [7, 11) is 1.69. The van der Waals surface area contributed by atoms with Crippen LogP contribution in [0.2, 0.25) is 0 Å². The summed E-state index contributed by atoms with van der Waals surface area (Å²) >= 11 is 7.20. The highest BCUT2D eigenvalue weighted by molar-refractivity contribution is 9.11. The van der Waals surface area contributed by atoms with Crippen molar-refractivity contribution in [2.75, 3.05) is 7.11 Å². The van der Waals surface area contributed by atoms with Gasteiger partial charge in [0.1, 0.15) is 5.75 Å². The standard InChI is InChI=1S/C16H13Br2NO/c1-20-12-5-6-14(17)11(9-12)10-19-8-7-13-15(18)3-2-4-16(13)19/h2-9H,10H2,1H3. The van der Waals surface area contributed by atoms with E-state index in [1.54, 1.807) is 7.11 Å². The smallest absolute Gasteiger partial charge is 0.119 e. The van der Waals surface area contributed by atoms with Gasteiger partial charge in [-0.15, -0.1) is 0 Å². The second-order valence-corrected chi connectivity index (χ2v) is 6.28. The van der Waals surface area contributed by atoms with E-state index in [4.69, 9.17) is 4.74 Å². The molecule has 0 saturated carbocycles. The predicted molar refractivity (Wildman–Crippen MR) is 89.4 cm³/mol. The molecule has 2 aromatic carbocycles. The Balaban J connectivity index is 2.03. The number of aromatic nitrogens is 1. The highest BCUT2D eigenvalue weighted by Crippen LogP contribution is 2.28. The molecular weight excluding hydrogens is 382 g/mol. The van der Waals surface area contributed by atoms with Gasteiger partial charge in [0.2, 0.25) is 0 Å². The number of ether oxygens (including phenoxy) is 1. The van der Waals surface area contributed by atoms with E-state index in [0.717, 1.165) is 21.2 Å². The first-order valence-corrected chi connectivity index (χ1v) is 7.83. The van der Waals surface area contributed by atoms with Gasteiger partial charge in [0.25, 0.3) is 0 Å². The molecule has 0 radical (unpaired) electrons. The number of nitrogens with zero attached hydrogens (tertiary/aromatic N) is 1. The van der Waals surface area contributed by atoms with Crippen LogP contribution in [0.1, 0.15) is 5.56 Å². The highest BCUT2D eigenvalue weighted by atomic mass is 79.9. The van der Waals surface area contributed by atoms with Crippen LogP contribution in [0.25, 0.3) is 10.9 Å². The lowest BCUT2D eigenvalue weighted by molar-refractivity contribution is 0.414. The van der Waals surface area contributed by atoms with Gasteiger partial charge in [-0.1, -0.05) is 37.9 Å². The van der Waals surface area contributed by atoms with Crippen LogP contribution < -0.4 is 4.74 Å². The van der Waals surface area contributed by atoms with Crippen molar-refractivity contribution < 1.29 is 4.74 Å². The van der Waals surface area contributed by atoms with Crippen molar-refractivity contribution in [3.63, 3.8) is 0 Å². The summed E-state index contributed by atoms with van der Waals surface area (Å²) in [4.78, 5) is 0. The Kier molecular flexibility index (Phi) is 3.85. The van der Waals surface area contributed by atoms with Crippen molar-refractivity contribution in [1.29, 1.82) is 0 Å². The van der Waals surface area contributed by atoms with Gasteiger partial charge < -0.3 is 9.30 Å². The summed E-state index contributed by atoms with van der Waals surface area (Å²) in [6.45, 7) is 0.803. The van der Waals surface area contributed by atoms with Crippen LogP contribution in [-0.2, 0) is 6.54 Å². The third-order valence-electron chi connectivity index (χ3n) is 3.35. The third-order valence-corrected chi connectivity index (χ3v) is 4.82. The lowest BCUT2D eigenvalue weighted by atomic mass is 10.2. The van der Waals surface area contributed by atoms with Gasteiger partial charge in [-0.3, -0.25) is 0 Å². The molecule has 0 aliphatic carbocycles. The van der Waals surface area contributed by atoms with Gasteiger partial charge in [-0.25, -0.2) is 0 Å². The molecule has 20 heavy (non-hydrogen) atoms. The average Bonchev–Trinajstić information content (AvgIpc) is 2.86. The van der Waals surface area contributed by atoms with Gasteiger partial charge in [0.05, 0.1) is 7.11 Å². The number of hydrogen-bond acceptors (Lipinski definition) is 1. The maximum absolute atomic E-state index is 5.30. The lowest BCUT2D eigenvalue weighted by Gasteiger charge is -2.10. The monoisotopic (exact) mass is 393 g/mol. The van der Waals surface area contributed by atoms with E-state index in [0.29, 0.717) is 0 Å². The maximum atomic E-state index is 5.30. The van der Waals surface area contributed by atoms with E-state index in [1.165, 1.54) is 16.5 Å². The summed E-state index contributed by atoms with van der Waals surface area (Å²) in [5.74, 6) is 0.876. The van der Waals surface area contributed by atoms with E-state index < -0.39 is 0 Å². The third kappa shape index (κ3) is 2.50. The average molecular weight is 395 g/mol. The van der Waals surface area contributed by atoms with E-state index in [2.05, 4.69) is 73.0 Å². The summed E-state index contributed by atoms with van der Waals surface area (Å²) in [5.41, 5.74) is 2.41. The van der Waals surface area contributed by atoms with Crippen LogP contribution in [0.3, 0.4) is 0 Å². The molecule has 0 unspecified atom stereocenters. The molecule has 0 atom stereocenters. The van der Waals surface area contributed by atoms with Crippen LogP contribution in [0.4, 0.5) is 0 Å². The molecule has 0 amide bonds. The quantitative estimate of drug-likeness (QED) is 0.593. The zero-order chi connectivity index (χ0) is 14.1. The largest absolute Gasteiger partial charge is 0.497 e. The van der Waals surface area contributed by atoms with Gasteiger partial charge >= 0.3 is 0 Å². The fourth-order valence-corrected chi connectivity index (χ4v) is 3.17. The fraction of sp³-hybridized carbons (Fsp3) is 0.125. The number of methoxy groups -OCH3 is 1. The highest BCUT2D eigenvalue weighted by Gasteiger charge is 2.07. The molecule has 0 spiro atoms. The van der Waals surface area contributed by atoms with Crippen LogP contribution in [0, 0.1) is 0 Å². The molecule has 3 rings (SSSR count). The minimum absolute atomic E-state index is 0.803. The first kappa shape index (κ1) is 13.7. The molecular formula is C16H13Br2NO. The molecule has 0 saturated heterocycles. The molecule has 3 aromatic rings. The Morgan fingerprint density at radius 1 is 1.05 bits per heavy atom. The van der Waals surface area contributed by atoms with Gasteiger partial charge in [0.15, 0.2) is 0 Å². The molecule has 2 nitrogen and oxygen atoms in total. The number of halogens is 2. The van der Waals surface area contributed by atoms with Crippen LogP contribution >= 0.6 is 31.9 Å². The van der Waals surface area contributed by atoms with Crippen molar-refractivity contribution >= 4 is 42.8 Å². The molecule has 0 fully saturated rings. The first-order chi connectivity index (χ1) is 9.69. The molecule has 0 aliphatic rings. The number of hydrogen-bond donors (Lipinski definition) is 0. The summed E-state index contributed by atoms with van der Waals surface area (Å²) in [5, 5.41) is 1.23. The van der Waals surface area contributed by atoms with Crippen molar-refractivity contribution in [2.45, 2.75) is 6.54 Å². The molecule has 1 aromatic heterocycles. The Morgan fingerprint density at radius 2 is 1.90 bits per heavy atom. The Morgan fingerprint density at radius 3 is 2.70 bits per heavy atom. The van der Waals surface area contributed by atoms with E-state index in [9.17, 15) is 0 Å². The summed E-state index contributed by atoms with van der Waals surface area (Å²) in [6, 6.07) is 14.4. The molecule has 0 aliphatic heterocycles. The van der Waals surface area contributed by atoms with Crippen molar-refractivity contribution in [2.24, 2.45) is 0 Å².